The Balaban J connectivity index is 1.88. The molecule has 1 saturated heterocycles. The predicted octanol–water partition coefficient (Wildman–Crippen LogP) is 2.57. The fourth-order valence-corrected chi connectivity index (χ4v) is 2.77. The van der Waals surface area contributed by atoms with Gasteiger partial charge in [-0.3, -0.25) is 4.79 Å². The van der Waals surface area contributed by atoms with Crippen molar-refractivity contribution < 1.29 is 4.79 Å². The summed E-state index contributed by atoms with van der Waals surface area (Å²) in [7, 11) is 0. The van der Waals surface area contributed by atoms with Crippen LogP contribution in [-0.2, 0) is 11.3 Å². The van der Waals surface area contributed by atoms with E-state index in [0.29, 0.717) is 6.54 Å². The van der Waals surface area contributed by atoms with Crippen LogP contribution < -0.4 is 0 Å². The second-order valence-corrected chi connectivity index (χ2v) is 5.05. The number of nitrogens with zero attached hydrogens (tertiary/aromatic N) is 2. The van der Waals surface area contributed by atoms with Gasteiger partial charge in [0.05, 0.1) is 0 Å². The van der Waals surface area contributed by atoms with E-state index in [1.165, 1.54) is 10.9 Å². The van der Waals surface area contributed by atoms with Crippen LogP contribution in [0.4, 0.5) is 0 Å². The van der Waals surface area contributed by atoms with Gasteiger partial charge in [-0.2, -0.15) is 0 Å². The van der Waals surface area contributed by atoms with Crippen molar-refractivity contribution in [3.63, 3.8) is 0 Å². The lowest BCUT2D eigenvalue weighted by Gasteiger charge is -2.15. The summed E-state index contributed by atoms with van der Waals surface area (Å²) in [6.45, 7) is 4.42. The predicted molar refractivity (Wildman–Crippen MR) is 72.5 cm³/mol. The Bertz CT molecular complexity index is 579. The highest BCUT2D eigenvalue weighted by Crippen LogP contribution is 2.20. The first kappa shape index (κ1) is 11.3. The van der Waals surface area contributed by atoms with Crippen molar-refractivity contribution in [3.05, 3.63) is 36.0 Å². The highest BCUT2D eigenvalue weighted by molar-refractivity contribution is 5.86. The van der Waals surface area contributed by atoms with Crippen LogP contribution in [0.1, 0.15) is 18.4 Å². The van der Waals surface area contributed by atoms with Crippen molar-refractivity contribution in [3.8, 4) is 0 Å². The second-order valence-electron chi connectivity index (χ2n) is 5.05. The lowest BCUT2D eigenvalue weighted by Crippen LogP contribution is -2.30. The van der Waals surface area contributed by atoms with Crippen LogP contribution in [0.25, 0.3) is 10.9 Å². The number of fused-ring (bicyclic) bond motifs is 1. The minimum absolute atomic E-state index is 0.244. The van der Waals surface area contributed by atoms with Gasteiger partial charge in [0.1, 0.15) is 6.54 Å². The van der Waals surface area contributed by atoms with Crippen molar-refractivity contribution in [2.75, 3.05) is 13.1 Å². The molecule has 2 heterocycles. The third-order valence-corrected chi connectivity index (χ3v) is 3.75. The zero-order valence-corrected chi connectivity index (χ0v) is 10.7. The SMILES string of the molecule is Cc1cn(CC(=O)N2CCCC2)c2ccccc12. The summed E-state index contributed by atoms with van der Waals surface area (Å²) in [4.78, 5) is 14.1. The Hall–Kier alpha value is -1.77. The van der Waals surface area contributed by atoms with Gasteiger partial charge in [0.15, 0.2) is 0 Å². The van der Waals surface area contributed by atoms with Gasteiger partial charge in [0, 0.05) is 30.2 Å². The Labute approximate surface area is 107 Å². The topological polar surface area (TPSA) is 25.2 Å². The molecule has 1 aliphatic rings. The molecule has 1 aromatic heterocycles. The molecule has 0 aliphatic carbocycles. The van der Waals surface area contributed by atoms with Gasteiger partial charge in [-0.05, 0) is 31.4 Å². The Morgan fingerprint density at radius 1 is 1.22 bits per heavy atom. The molecule has 1 amide bonds. The first-order valence-corrected chi connectivity index (χ1v) is 6.58. The van der Waals surface area contributed by atoms with Crippen LogP contribution in [0.2, 0.25) is 0 Å². The van der Waals surface area contributed by atoms with Gasteiger partial charge in [-0.25, -0.2) is 0 Å². The number of likely N-dealkylation sites (tertiary alicyclic amines) is 1. The van der Waals surface area contributed by atoms with E-state index in [4.69, 9.17) is 0 Å². The Morgan fingerprint density at radius 2 is 1.94 bits per heavy atom. The van der Waals surface area contributed by atoms with Crippen LogP contribution >= 0.6 is 0 Å². The van der Waals surface area contributed by atoms with E-state index in [-0.39, 0.29) is 5.91 Å². The monoisotopic (exact) mass is 242 g/mol. The van der Waals surface area contributed by atoms with E-state index in [0.717, 1.165) is 31.4 Å². The maximum absolute atomic E-state index is 12.2. The second kappa shape index (κ2) is 4.48. The number of para-hydroxylation sites is 1. The fraction of sp³-hybridized carbons (Fsp3) is 0.400. The average Bonchev–Trinajstić information content (AvgIpc) is 3.00. The molecule has 0 radical (unpaired) electrons. The fourth-order valence-electron chi connectivity index (χ4n) is 2.77. The van der Waals surface area contributed by atoms with Crippen LogP contribution in [0.5, 0.6) is 0 Å². The molecule has 2 aromatic rings. The van der Waals surface area contributed by atoms with Crippen LogP contribution in [0, 0.1) is 6.92 Å². The van der Waals surface area contributed by atoms with Crippen LogP contribution in [0.15, 0.2) is 30.5 Å². The lowest BCUT2D eigenvalue weighted by molar-refractivity contribution is -0.130. The van der Waals surface area contributed by atoms with E-state index in [9.17, 15) is 4.79 Å². The van der Waals surface area contributed by atoms with E-state index in [1.807, 2.05) is 17.0 Å². The van der Waals surface area contributed by atoms with Crippen LogP contribution in [0.3, 0.4) is 0 Å². The third kappa shape index (κ3) is 1.90. The summed E-state index contributed by atoms with van der Waals surface area (Å²) in [5.74, 6) is 0.244. The van der Waals surface area contributed by atoms with E-state index in [2.05, 4.69) is 29.8 Å². The Kier molecular flexibility index (Phi) is 2.82. The number of aromatic nitrogens is 1. The summed E-state index contributed by atoms with van der Waals surface area (Å²) in [5.41, 5.74) is 2.39. The zero-order chi connectivity index (χ0) is 12.5. The number of hydrogen-bond acceptors (Lipinski definition) is 1. The lowest BCUT2D eigenvalue weighted by atomic mass is 10.2. The minimum Gasteiger partial charge on any atom is -0.341 e. The number of benzene rings is 1. The summed E-state index contributed by atoms with van der Waals surface area (Å²) in [6, 6.07) is 8.27. The quantitative estimate of drug-likeness (QED) is 0.794. The number of amides is 1. The smallest absolute Gasteiger partial charge is 0.242 e. The molecule has 94 valence electrons. The zero-order valence-electron chi connectivity index (χ0n) is 10.7. The number of carbonyl (C=O) groups is 1. The van der Waals surface area contributed by atoms with E-state index >= 15 is 0 Å². The summed E-state index contributed by atoms with van der Waals surface area (Å²) >= 11 is 0. The highest BCUT2D eigenvalue weighted by Gasteiger charge is 2.18. The van der Waals surface area contributed by atoms with Gasteiger partial charge in [-0.15, -0.1) is 0 Å². The molecule has 1 aliphatic heterocycles. The number of rotatable bonds is 2. The average molecular weight is 242 g/mol. The van der Waals surface area contributed by atoms with E-state index < -0.39 is 0 Å². The maximum atomic E-state index is 12.2. The van der Waals surface area contributed by atoms with Crippen molar-refractivity contribution >= 4 is 16.8 Å². The Morgan fingerprint density at radius 3 is 2.72 bits per heavy atom. The molecular weight excluding hydrogens is 224 g/mol. The molecule has 3 nitrogen and oxygen atoms in total. The molecular formula is C15H18N2O. The highest BCUT2D eigenvalue weighted by atomic mass is 16.2. The first-order valence-electron chi connectivity index (χ1n) is 6.58. The number of aryl methyl sites for hydroxylation is 1. The molecule has 3 rings (SSSR count). The molecule has 0 saturated carbocycles. The summed E-state index contributed by atoms with van der Waals surface area (Å²) < 4.78 is 2.07. The third-order valence-electron chi connectivity index (χ3n) is 3.75. The molecule has 0 unspecified atom stereocenters. The molecule has 1 aromatic carbocycles. The summed E-state index contributed by atoms with van der Waals surface area (Å²) in [6.07, 6.45) is 4.38. The standard InChI is InChI=1S/C15H18N2O/c1-12-10-17(14-7-3-2-6-13(12)14)11-15(18)16-8-4-5-9-16/h2-3,6-7,10H,4-5,8-9,11H2,1H3. The molecule has 1 fully saturated rings. The first-order chi connectivity index (χ1) is 8.75. The van der Waals surface area contributed by atoms with Crippen molar-refractivity contribution in [2.24, 2.45) is 0 Å². The number of carbonyl (C=O) groups excluding carboxylic acids is 1. The molecule has 3 heteroatoms. The van der Waals surface area contributed by atoms with Gasteiger partial charge in [0.25, 0.3) is 0 Å². The van der Waals surface area contributed by atoms with Crippen molar-refractivity contribution in [1.29, 1.82) is 0 Å². The maximum Gasteiger partial charge on any atom is 0.242 e. The molecule has 0 bridgehead atoms. The van der Waals surface area contributed by atoms with Gasteiger partial charge in [0.2, 0.25) is 5.91 Å². The molecule has 0 atom stereocenters. The van der Waals surface area contributed by atoms with Crippen molar-refractivity contribution in [2.45, 2.75) is 26.3 Å². The molecule has 0 spiro atoms. The van der Waals surface area contributed by atoms with Gasteiger partial charge < -0.3 is 9.47 Å². The molecule has 0 N–H and O–H groups in total. The largest absolute Gasteiger partial charge is 0.341 e. The minimum atomic E-state index is 0.244. The molecule has 18 heavy (non-hydrogen) atoms. The van der Waals surface area contributed by atoms with Crippen LogP contribution in [-0.4, -0.2) is 28.5 Å². The van der Waals surface area contributed by atoms with E-state index in [1.54, 1.807) is 0 Å². The van der Waals surface area contributed by atoms with Crippen molar-refractivity contribution in [1.82, 2.24) is 9.47 Å². The van der Waals surface area contributed by atoms with Gasteiger partial charge in [-0.1, -0.05) is 18.2 Å². The number of hydrogen-bond donors (Lipinski definition) is 0. The van der Waals surface area contributed by atoms with Gasteiger partial charge >= 0.3 is 0 Å². The summed E-state index contributed by atoms with van der Waals surface area (Å²) in [5, 5.41) is 1.24. The normalized spacial score (nSPS) is 15.5.